The van der Waals surface area contributed by atoms with Crippen molar-refractivity contribution < 1.29 is 9.59 Å². The molecule has 0 saturated heterocycles. The smallest absolute Gasteiger partial charge is 0.252 e. The summed E-state index contributed by atoms with van der Waals surface area (Å²) in [7, 11) is 1.37. The fourth-order valence-electron chi connectivity index (χ4n) is 0.382. The Bertz CT molecular complexity index is 164. The molecule has 0 spiro atoms. The van der Waals surface area contributed by atoms with Crippen molar-refractivity contribution in [1.29, 1.82) is 0 Å². The van der Waals surface area contributed by atoms with E-state index in [-0.39, 0.29) is 0 Å². The number of amides is 2. The summed E-state index contributed by atoms with van der Waals surface area (Å²) >= 11 is 0. The van der Waals surface area contributed by atoms with Crippen LogP contribution in [-0.4, -0.2) is 23.8 Å². The van der Waals surface area contributed by atoms with Crippen LogP contribution in [0.2, 0.25) is 0 Å². The zero-order chi connectivity index (χ0) is 8.15. The topological polar surface area (TPSA) is 37.4 Å². The van der Waals surface area contributed by atoms with Crippen LogP contribution in [0.15, 0.2) is 25.3 Å². The number of imide groups is 1. The lowest BCUT2D eigenvalue weighted by atomic mass is 10.4. The molecule has 3 heteroatoms. The Kier molecular flexibility index (Phi) is 3.11. The molecule has 0 atom stereocenters. The quantitative estimate of drug-likeness (QED) is 0.517. The molecule has 10 heavy (non-hydrogen) atoms. The third kappa shape index (κ3) is 1.85. The molecule has 0 N–H and O–H groups in total. The van der Waals surface area contributed by atoms with Gasteiger partial charge >= 0.3 is 0 Å². The van der Waals surface area contributed by atoms with Crippen LogP contribution in [-0.2, 0) is 9.59 Å². The second-order valence-corrected chi connectivity index (χ2v) is 1.64. The van der Waals surface area contributed by atoms with Crippen molar-refractivity contribution in [1.82, 2.24) is 4.90 Å². The van der Waals surface area contributed by atoms with Gasteiger partial charge in [-0.25, -0.2) is 0 Å². The maximum absolute atomic E-state index is 10.7. The number of nitrogens with zero attached hydrogens (tertiary/aromatic N) is 1. The third-order valence-corrected chi connectivity index (χ3v) is 1.01. The lowest BCUT2D eigenvalue weighted by Gasteiger charge is -2.08. The van der Waals surface area contributed by atoms with E-state index in [4.69, 9.17) is 0 Å². The van der Waals surface area contributed by atoms with Gasteiger partial charge in [0, 0.05) is 7.05 Å². The molecule has 0 aromatic heterocycles. The van der Waals surface area contributed by atoms with Gasteiger partial charge in [0.25, 0.3) is 11.8 Å². The van der Waals surface area contributed by atoms with Crippen molar-refractivity contribution in [3.63, 3.8) is 0 Å². The van der Waals surface area contributed by atoms with E-state index >= 15 is 0 Å². The maximum Gasteiger partial charge on any atom is 0.252 e. The molecule has 0 radical (unpaired) electrons. The van der Waals surface area contributed by atoms with E-state index in [1.807, 2.05) is 0 Å². The predicted molar refractivity (Wildman–Crippen MR) is 38.2 cm³/mol. The molecule has 0 aliphatic carbocycles. The summed E-state index contributed by atoms with van der Waals surface area (Å²) in [4.78, 5) is 22.2. The van der Waals surface area contributed by atoms with Crippen LogP contribution >= 0.6 is 0 Å². The highest BCUT2D eigenvalue weighted by Gasteiger charge is 2.08. The first kappa shape index (κ1) is 8.62. The molecule has 0 fully saturated rings. The van der Waals surface area contributed by atoms with E-state index in [9.17, 15) is 9.59 Å². The third-order valence-electron chi connectivity index (χ3n) is 1.01. The predicted octanol–water partition coefficient (Wildman–Crippen LogP) is 0.343. The molecular weight excluding hydrogens is 130 g/mol. The average Bonchev–Trinajstić information content (AvgIpc) is 2.00. The Labute approximate surface area is 59.6 Å². The highest BCUT2D eigenvalue weighted by atomic mass is 16.2. The van der Waals surface area contributed by atoms with Gasteiger partial charge in [0.05, 0.1) is 0 Å². The number of rotatable bonds is 2. The second kappa shape index (κ2) is 3.61. The minimum Gasteiger partial charge on any atom is -0.279 e. The molecule has 0 heterocycles. The van der Waals surface area contributed by atoms with Gasteiger partial charge < -0.3 is 0 Å². The minimum atomic E-state index is -0.426. The summed E-state index contributed by atoms with van der Waals surface area (Å²) < 4.78 is 0. The van der Waals surface area contributed by atoms with Gasteiger partial charge in [-0.2, -0.15) is 0 Å². The standard InChI is InChI=1S/C7H9NO2/c1-4-6(9)8(3)7(10)5-2/h4-5H,1-2H2,3H3. The summed E-state index contributed by atoms with van der Waals surface area (Å²) in [6, 6.07) is 0. The molecule has 0 aliphatic rings. The van der Waals surface area contributed by atoms with E-state index < -0.39 is 11.8 Å². The molecule has 0 rings (SSSR count). The Morgan fingerprint density at radius 1 is 1.20 bits per heavy atom. The number of hydrogen-bond acceptors (Lipinski definition) is 2. The lowest BCUT2D eigenvalue weighted by molar-refractivity contribution is -0.137. The largest absolute Gasteiger partial charge is 0.279 e. The minimum absolute atomic E-state index is 0.426. The summed E-state index contributed by atoms with van der Waals surface area (Å²) in [5.74, 6) is -0.852. The Hall–Kier alpha value is -1.38. The van der Waals surface area contributed by atoms with Crippen LogP contribution in [0.5, 0.6) is 0 Å². The molecular formula is C7H9NO2. The molecule has 0 aliphatic heterocycles. The highest BCUT2D eigenvalue weighted by Crippen LogP contribution is 1.86. The maximum atomic E-state index is 10.7. The fourth-order valence-corrected chi connectivity index (χ4v) is 0.382. The number of hydrogen-bond donors (Lipinski definition) is 0. The molecule has 0 aromatic rings. The molecule has 0 bridgehead atoms. The summed E-state index contributed by atoms with van der Waals surface area (Å²) in [6.45, 7) is 6.44. The zero-order valence-corrected chi connectivity index (χ0v) is 5.83. The van der Waals surface area contributed by atoms with Crippen LogP contribution in [0.25, 0.3) is 0 Å². The SMILES string of the molecule is C=CC(=O)N(C)C(=O)C=C. The number of likely N-dealkylation sites (N-methyl/N-ethyl adjacent to an activating group) is 1. The van der Waals surface area contributed by atoms with Crippen LogP contribution < -0.4 is 0 Å². The van der Waals surface area contributed by atoms with E-state index in [2.05, 4.69) is 13.2 Å². The molecule has 2 amide bonds. The number of carbonyl (C=O) groups excluding carboxylic acids is 2. The van der Waals surface area contributed by atoms with E-state index in [0.29, 0.717) is 0 Å². The van der Waals surface area contributed by atoms with E-state index in [1.165, 1.54) is 7.05 Å². The Morgan fingerprint density at radius 2 is 1.50 bits per heavy atom. The Balaban J connectivity index is 4.20. The van der Waals surface area contributed by atoms with Crippen molar-refractivity contribution >= 4 is 11.8 Å². The first-order valence-electron chi connectivity index (χ1n) is 2.70. The van der Waals surface area contributed by atoms with Crippen molar-refractivity contribution in [3.8, 4) is 0 Å². The molecule has 3 nitrogen and oxygen atoms in total. The summed E-state index contributed by atoms with van der Waals surface area (Å²) in [5.41, 5.74) is 0. The van der Waals surface area contributed by atoms with Crippen LogP contribution in [0, 0.1) is 0 Å². The first-order valence-corrected chi connectivity index (χ1v) is 2.70. The van der Waals surface area contributed by atoms with Gasteiger partial charge in [-0.15, -0.1) is 0 Å². The van der Waals surface area contributed by atoms with Crippen molar-refractivity contribution in [3.05, 3.63) is 25.3 Å². The van der Waals surface area contributed by atoms with Crippen LogP contribution in [0.3, 0.4) is 0 Å². The average molecular weight is 139 g/mol. The molecule has 54 valence electrons. The van der Waals surface area contributed by atoms with E-state index in [0.717, 1.165) is 17.1 Å². The van der Waals surface area contributed by atoms with Gasteiger partial charge in [0.2, 0.25) is 0 Å². The Morgan fingerprint density at radius 3 is 1.70 bits per heavy atom. The van der Waals surface area contributed by atoms with Crippen LogP contribution in [0.4, 0.5) is 0 Å². The van der Waals surface area contributed by atoms with Gasteiger partial charge in [-0.1, -0.05) is 13.2 Å². The lowest BCUT2D eigenvalue weighted by Crippen LogP contribution is -2.29. The van der Waals surface area contributed by atoms with Gasteiger partial charge in [-0.05, 0) is 12.2 Å². The fraction of sp³-hybridized carbons (Fsp3) is 0.143. The first-order chi connectivity index (χ1) is 4.63. The second-order valence-electron chi connectivity index (χ2n) is 1.64. The zero-order valence-electron chi connectivity index (χ0n) is 5.83. The van der Waals surface area contributed by atoms with Crippen LogP contribution in [0.1, 0.15) is 0 Å². The normalized spacial score (nSPS) is 8.10. The van der Waals surface area contributed by atoms with Gasteiger partial charge in [0.15, 0.2) is 0 Å². The van der Waals surface area contributed by atoms with Crippen molar-refractivity contribution in [2.75, 3.05) is 7.05 Å². The number of carbonyl (C=O) groups is 2. The van der Waals surface area contributed by atoms with E-state index in [1.54, 1.807) is 0 Å². The van der Waals surface area contributed by atoms with Gasteiger partial charge in [-0.3, -0.25) is 14.5 Å². The molecule has 0 unspecified atom stereocenters. The van der Waals surface area contributed by atoms with Gasteiger partial charge in [0.1, 0.15) is 0 Å². The highest BCUT2D eigenvalue weighted by molar-refractivity contribution is 6.04. The monoisotopic (exact) mass is 139 g/mol. The summed E-state index contributed by atoms with van der Waals surface area (Å²) in [5, 5.41) is 0. The molecule has 0 aromatic carbocycles. The van der Waals surface area contributed by atoms with Crippen molar-refractivity contribution in [2.45, 2.75) is 0 Å². The summed E-state index contributed by atoms with van der Waals surface area (Å²) in [6.07, 6.45) is 2.14. The molecule has 0 saturated carbocycles. The van der Waals surface area contributed by atoms with Crippen molar-refractivity contribution in [2.24, 2.45) is 0 Å².